The molecule has 3 heterocycles. The normalized spacial score (nSPS) is 15.8. The topological polar surface area (TPSA) is 86.9 Å². The van der Waals surface area contributed by atoms with Gasteiger partial charge in [0.25, 0.3) is 11.5 Å². The van der Waals surface area contributed by atoms with Crippen LogP contribution in [-0.2, 0) is 4.79 Å². The number of aliphatic hydroxyl groups is 1. The van der Waals surface area contributed by atoms with E-state index < -0.39 is 6.10 Å². The zero-order valence-electron chi connectivity index (χ0n) is 19.5. The number of benzene rings is 1. The summed E-state index contributed by atoms with van der Waals surface area (Å²) >= 11 is 6.65. The Kier molecular flexibility index (Phi) is 8.33. The smallest absolute Gasteiger partial charge is 0.267 e. The standard InChI is InChI=1S/C26H28N4O3S2/c1-2-3-4-9-15-30-25(33)21(35-26(30)34)16-19-23(27-17-20(31)18-11-6-5-7-12-18)28-22-13-8-10-14-29(22)24(19)32/h5-8,10-14,16,20,27,31H,2-4,9,15,17H2,1H3/b21-16-/t20-/m1/s1. The molecule has 0 radical (unpaired) electrons. The molecule has 0 unspecified atom stereocenters. The first-order chi connectivity index (χ1) is 17.0. The van der Waals surface area contributed by atoms with E-state index >= 15 is 0 Å². The number of thiocarbonyl (C=S) groups is 1. The molecule has 1 atom stereocenters. The van der Waals surface area contributed by atoms with Gasteiger partial charge in [-0.2, -0.15) is 0 Å². The molecule has 1 saturated heterocycles. The Morgan fingerprint density at radius 3 is 2.66 bits per heavy atom. The van der Waals surface area contributed by atoms with Gasteiger partial charge in [-0.1, -0.05) is 86.6 Å². The van der Waals surface area contributed by atoms with E-state index in [2.05, 4.69) is 17.2 Å². The number of pyridine rings is 1. The number of nitrogens with zero attached hydrogens (tertiary/aromatic N) is 3. The largest absolute Gasteiger partial charge is 0.387 e. The number of hydrogen-bond donors (Lipinski definition) is 2. The van der Waals surface area contributed by atoms with E-state index in [1.54, 1.807) is 35.4 Å². The van der Waals surface area contributed by atoms with Crippen LogP contribution in [0.4, 0.5) is 5.82 Å². The fraction of sp³-hybridized carbons (Fsp3) is 0.308. The fourth-order valence-electron chi connectivity index (χ4n) is 3.87. The number of aliphatic hydroxyl groups excluding tert-OH is 1. The van der Waals surface area contributed by atoms with Crippen molar-refractivity contribution in [1.82, 2.24) is 14.3 Å². The van der Waals surface area contributed by atoms with Gasteiger partial charge in [-0.05, 0) is 30.2 Å². The minimum atomic E-state index is -0.790. The van der Waals surface area contributed by atoms with Crippen molar-refractivity contribution >= 4 is 51.7 Å². The van der Waals surface area contributed by atoms with Crippen LogP contribution in [-0.4, -0.2) is 42.7 Å². The third-order valence-electron chi connectivity index (χ3n) is 5.80. The summed E-state index contributed by atoms with van der Waals surface area (Å²) in [5.41, 5.74) is 1.17. The molecule has 2 aromatic heterocycles. The van der Waals surface area contributed by atoms with Crippen molar-refractivity contribution in [3.63, 3.8) is 0 Å². The highest BCUT2D eigenvalue weighted by atomic mass is 32.2. The molecular weight excluding hydrogens is 480 g/mol. The molecular formula is C26H28N4O3S2. The Bertz CT molecular complexity index is 1310. The van der Waals surface area contributed by atoms with Crippen LogP contribution in [0.1, 0.15) is 49.8 Å². The molecule has 4 rings (SSSR count). The third-order valence-corrected chi connectivity index (χ3v) is 7.18. The summed E-state index contributed by atoms with van der Waals surface area (Å²) in [6.07, 6.45) is 6.58. The van der Waals surface area contributed by atoms with Crippen LogP contribution in [0.2, 0.25) is 0 Å². The van der Waals surface area contributed by atoms with Crippen molar-refractivity contribution < 1.29 is 9.90 Å². The molecule has 1 aliphatic heterocycles. The number of unbranched alkanes of at least 4 members (excludes halogenated alkanes) is 3. The molecule has 2 N–H and O–H groups in total. The van der Waals surface area contributed by atoms with Gasteiger partial charge in [0.2, 0.25) is 0 Å². The van der Waals surface area contributed by atoms with Gasteiger partial charge in [-0.25, -0.2) is 4.98 Å². The molecule has 1 fully saturated rings. The lowest BCUT2D eigenvalue weighted by Gasteiger charge is -2.15. The molecule has 0 saturated carbocycles. The second-order valence-corrected chi connectivity index (χ2v) is 9.99. The molecule has 0 aliphatic carbocycles. The van der Waals surface area contributed by atoms with Crippen molar-refractivity contribution in [1.29, 1.82) is 0 Å². The second kappa shape index (κ2) is 11.6. The van der Waals surface area contributed by atoms with Crippen molar-refractivity contribution in [2.45, 2.75) is 38.7 Å². The number of anilines is 1. The number of fused-ring (bicyclic) bond motifs is 1. The number of rotatable bonds is 10. The van der Waals surface area contributed by atoms with Crippen molar-refractivity contribution in [3.8, 4) is 0 Å². The first kappa shape index (κ1) is 25.1. The van der Waals surface area contributed by atoms with E-state index in [-0.39, 0.29) is 23.6 Å². The maximum atomic E-state index is 13.4. The number of amides is 1. The molecule has 1 aromatic carbocycles. The van der Waals surface area contributed by atoms with E-state index in [0.29, 0.717) is 27.2 Å². The monoisotopic (exact) mass is 508 g/mol. The Morgan fingerprint density at radius 1 is 1.11 bits per heavy atom. The highest BCUT2D eigenvalue weighted by molar-refractivity contribution is 8.26. The SMILES string of the molecule is CCCCCCN1C(=O)/C(=C/c2c(NC[C@@H](O)c3ccccc3)nc3ccccn3c2=O)SC1=S. The van der Waals surface area contributed by atoms with Crippen molar-refractivity contribution in [2.24, 2.45) is 0 Å². The van der Waals surface area contributed by atoms with Gasteiger partial charge in [0, 0.05) is 19.3 Å². The quantitative estimate of drug-likeness (QED) is 0.235. The van der Waals surface area contributed by atoms with E-state index in [1.807, 2.05) is 30.3 Å². The van der Waals surface area contributed by atoms with Gasteiger partial charge in [-0.3, -0.25) is 18.9 Å². The molecule has 0 bridgehead atoms. The summed E-state index contributed by atoms with van der Waals surface area (Å²) in [7, 11) is 0. The van der Waals surface area contributed by atoms with E-state index in [1.165, 1.54) is 16.2 Å². The summed E-state index contributed by atoms with van der Waals surface area (Å²) in [6.45, 7) is 2.87. The predicted molar refractivity (Wildman–Crippen MR) is 145 cm³/mol. The lowest BCUT2D eigenvalue weighted by atomic mass is 10.1. The summed E-state index contributed by atoms with van der Waals surface area (Å²) in [5, 5.41) is 13.7. The lowest BCUT2D eigenvalue weighted by Crippen LogP contribution is -2.29. The van der Waals surface area contributed by atoms with E-state index in [4.69, 9.17) is 12.2 Å². The van der Waals surface area contributed by atoms with Crippen LogP contribution in [0.15, 0.2) is 64.4 Å². The maximum absolute atomic E-state index is 13.4. The molecule has 1 amide bonds. The average Bonchev–Trinajstić information content (AvgIpc) is 3.14. The second-order valence-electron chi connectivity index (χ2n) is 8.31. The highest BCUT2D eigenvalue weighted by Crippen LogP contribution is 2.33. The minimum absolute atomic E-state index is 0.151. The van der Waals surface area contributed by atoms with E-state index in [0.717, 1.165) is 31.2 Å². The summed E-state index contributed by atoms with van der Waals surface area (Å²) < 4.78 is 1.94. The molecule has 9 heteroatoms. The maximum Gasteiger partial charge on any atom is 0.267 e. The van der Waals surface area contributed by atoms with Crippen LogP contribution < -0.4 is 10.9 Å². The fourth-order valence-corrected chi connectivity index (χ4v) is 5.16. The van der Waals surface area contributed by atoms with Gasteiger partial charge in [-0.15, -0.1) is 0 Å². The van der Waals surface area contributed by atoms with Crippen LogP contribution in [0.25, 0.3) is 11.7 Å². The Hall–Kier alpha value is -3.01. The minimum Gasteiger partial charge on any atom is -0.387 e. The number of nitrogens with one attached hydrogen (secondary N) is 1. The zero-order valence-corrected chi connectivity index (χ0v) is 21.1. The predicted octanol–water partition coefficient (Wildman–Crippen LogP) is 4.62. The average molecular weight is 509 g/mol. The number of hydrogen-bond acceptors (Lipinski definition) is 7. The highest BCUT2D eigenvalue weighted by Gasteiger charge is 2.32. The molecule has 1 aliphatic rings. The Morgan fingerprint density at radius 2 is 1.89 bits per heavy atom. The van der Waals surface area contributed by atoms with Gasteiger partial charge >= 0.3 is 0 Å². The molecule has 7 nitrogen and oxygen atoms in total. The molecule has 35 heavy (non-hydrogen) atoms. The van der Waals surface area contributed by atoms with Gasteiger partial charge < -0.3 is 10.4 Å². The van der Waals surface area contributed by atoms with Gasteiger partial charge in [0.05, 0.1) is 16.6 Å². The number of carbonyl (C=O) groups is 1. The Labute approximate surface area is 213 Å². The van der Waals surface area contributed by atoms with E-state index in [9.17, 15) is 14.7 Å². The number of aromatic nitrogens is 2. The van der Waals surface area contributed by atoms with Crippen LogP contribution in [0.5, 0.6) is 0 Å². The van der Waals surface area contributed by atoms with Gasteiger partial charge in [0.1, 0.15) is 15.8 Å². The first-order valence-electron chi connectivity index (χ1n) is 11.7. The summed E-state index contributed by atoms with van der Waals surface area (Å²) in [5.74, 6) is 0.119. The van der Waals surface area contributed by atoms with Crippen LogP contribution in [0, 0.1) is 0 Å². The van der Waals surface area contributed by atoms with Crippen LogP contribution >= 0.6 is 24.0 Å². The molecule has 0 spiro atoms. The summed E-state index contributed by atoms with van der Waals surface area (Å²) in [6, 6.07) is 14.6. The summed E-state index contributed by atoms with van der Waals surface area (Å²) in [4.78, 5) is 33.1. The zero-order chi connectivity index (χ0) is 24.8. The number of thioether (sulfide) groups is 1. The Balaban J connectivity index is 1.64. The molecule has 182 valence electrons. The van der Waals surface area contributed by atoms with Crippen molar-refractivity contribution in [2.75, 3.05) is 18.4 Å². The lowest BCUT2D eigenvalue weighted by molar-refractivity contribution is -0.122. The first-order valence-corrected chi connectivity index (χ1v) is 13.0. The van der Waals surface area contributed by atoms with Crippen LogP contribution in [0.3, 0.4) is 0 Å². The molecule has 3 aromatic rings. The third kappa shape index (κ3) is 5.80. The van der Waals surface area contributed by atoms with Gasteiger partial charge in [0.15, 0.2) is 0 Å². The number of carbonyl (C=O) groups excluding carboxylic acids is 1. The van der Waals surface area contributed by atoms with Crippen molar-refractivity contribution in [3.05, 3.63) is 81.1 Å².